The molecule has 0 saturated carbocycles. The van der Waals surface area contributed by atoms with Crippen LogP contribution in [0.25, 0.3) is 0 Å². The maximum Gasteiger partial charge on any atom is 0.241 e. The van der Waals surface area contributed by atoms with Gasteiger partial charge in [0.25, 0.3) is 0 Å². The van der Waals surface area contributed by atoms with Crippen molar-refractivity contribution in [3.63, 3.8) is 0 Å². The summed E-state index contributed by atoms with van der Waals surface area (Å²) in [7, 11) is 1.47. The highest BCUT2D eigenvalue weighted by molar-refractivity contribution is 6.10. The molecule has 1 saturated heterocycles. The number of halogens is 1. The molecule has 1 unspecified atom stereocenters. The highest BCUT2D eigenvalue weighted by Gasteiger charge is 2.55. The fourth-order valence-electron chi connectivity index (χ4n) is 4.05. The first-order valence-electron chi connectivity index (χ1n) is 10.3. The summed E-state index contributed by atoms with van der Waals surface area (Å²) in [6.45, 7) is 2.90. The Morgan fingerprint density at radius 1 is 1.13 bits per heavy atom. The van der Waals surface area contributed by atoms with Crippen LogP contribution in [-0.2, 0) is 31.1 Å². The molecule has 7 heteroatoms. The first-order valence-corrected chi connectivity index (χ1v) is 10.3. The quantitative estimate of drug-likeness (QED) is 0.579. The number of amides is 3. The fourth-order valence-corrected chi connectivity index (χ4v) is 4.05. The Morgan fingerprint density at radius 3 is 2.45 bits per heavy atom. The Kier molecular flexibility index (Phi) is 7.17. The Labute approximate surface area is 181 Å². The van der Waals surface area contributed by atoms with E-state index in [2.05, 4.69) is 0 Å². The predicted octanol–water partition coefficient (Wildman–Crippen LogP) is 2.91. The lowest BCUT2D eigenvalue weighted by Gasteiger charge is -2.30. The van der Waals surface area contributed by atoms with Crippen molar-refractivity contribution in [1.82, 2.24) is 9.80 Å². The fraction of sp³-hybridized carbons (Fsp3) is 0.375. The molecule has 0 aromatic heterocycles. The van der Waals surface area contributed by atoms with E-state index in [9.17, 15) is 18.8 Å². The molecule has 1 fully saturated rings. The molecule has 3 amide bonds. The zero-order valence-electron chi connectivity index (χ0n) is 17.8. The second-order valence-electron chi connectivity index (χ2n) is 7.65. The molecule has 6 nitrogen and oxygen atoms in total. The van der Waals surface area contributed by atoms with E-state index in [1.807, 2.05) is 37.3 Å². The number of benzene rings is 2. The van der Waals surface area contributed by atoms with Crippen LogP contribution in [0.2, 0.25) is 0 Å². The molecule has 1 aliphatic rings. The number of hydrogen-bond donors (Lipinski definition) is 0. The first kappa shape index (κ1) is 22.6. The molecule has 2 aromatic rings. The molecule has 31 heavy (non-hydrogen) atoms. The molecule has 1 aliphatic heterocycles. The summed E-state index contributed by atoms with van der Waals surface area (Å²) in [5, 5.41) is 0. The SMILES string of the molecule is CCN(Cc1ccccc1)C(=O)CC1(c2ccccc2F)CC(=O)N(CCOC)C1=O. The van der Waals surface area contributed by atoms with E-state index in [4.69, 9.17) is 4.74 Å². The molecular weight excluding hydrogens is 399 g/mol. The number of methoxy groups -OCH3 is 1. The van der Waals surface area contributed by atoms with Crippen molar-refractivity contribution < 1.29 is 23.5 Å². The van der Waals surface area contributed by atoms with E-state index in [1.54, 1.807) is 11.0 Å². The van der Waals surface area contributed by atoms with E-state index < -0.39 is 23.0 Å². The van der Waals surface area contributed by atoms with Crippen LogP contribution in [0.1, 0.15) is 30.9 Å². The lowest BCUT2D eigenvalue weighted by molar-refractivity contribution is -0.143. The molecule has 0 radical (unpaired) electrons. The summed E-state index contributed by atoms with van der Waals surface area (Å²) in [5.41, 5.74) is -0.525. The Morgan fingerprint density at radius 2 is 1.81 bits per heavy atom. The van der Waals surface area contributed by atoms with Crippen LogP contribution in [0.3, 0.4) is 0 Å². The Balaban J connectivity index is 1.94. The number of carbonyl (C=O) groups is 3. The van der Waals surface area contributed by atoms with Gasteiger partial charge in [0.15, 0.2) is 0 Å². The molecule has 164 valence electrons. The Hall–Kier alpha value is -3.06. The van der Waals surface area contributed by atoms with Gasteiger partial charge >= 0.3 is 0 Å². The van der Waals surface area contributed by atoms with Gasteiger partial charge < -0.3 is 9.64 Å². The van der Waals surface area contributed by atoms with Crippen molar-refractivity contribution in [2.45, 2.75) is 31.7 Å². The van der Waals surface area contributed by atoms with Crippen LogP contribution in [0.15, 0.2) is 54.6 Å². The zero-order valence-corrected chi connectivity index (χ0v) is 17.8. The van der Waals surface area contributed by atoms with Gasteiger partial charge in [-0.3, -0.25) is 19.3 Å². The second kappa shape index (κ2) is 9.83. The molecule has 0 spiro atoms. The van der Waals surface area contributed by atoms with Crippen LogP contribution < -0.4 is 0 Å². The summed E-state index contributed by atoms with van der Waals surface area (Å²) >= 11 is 0. The highest BCUT2D eigenvalue weighted by Crippen LogP contribution is 2.41. The molecule has 0 bridgehead atoms. The number of hydrogen-bond acceptors (Lipinski definition) is 4. The van der Waals surface area contributed by atoms with Crippen LogP contribution in [-0.4, -0.2) is 54.3 Å². The van der Waals surface area contributed by atoms with Gasteiger partial charge in [-0.2, -0.15) is 0 Å². The van der Waals surface area contributed by atoms with E-state index in [1.165, 1.54) is 25.3 Å². The molecule has 1 atom stereocenters. The number of carbonyl (C=O) groups excluding carboxylic acids is 3. The number of rotatable bonds is 9. The summed E-state index contributed by atoms with van der Waals surface area (Å²) in [6, 6.07) is 15.4. The minimum Gasteiger partial charge on any atom is -0.383 e. The minimum atomic E-state index is -1.56. The minimum absolute atomic E-state index is 0.0695. The van der Waals surface area contributed by atoms with Crippen molar-refractivity contribution in [2.24, 2.45) is 0 Å². The monoisotopic (exact) mass is 426 g/mol. The van der Waals surface area contributed by atoms with Crippen LogP contribution in [0, 0.1) is 5.82 Å². The van der Waals surface area contributed by atoms with Gasteiger partial charge in [-0.05, 0) is 18.6 Å². The summed E-state index contributed by atoms with van der Waals surface area (Å²) < 4.78 is 19.8. The first-order chi connectivity index (χ1) is 14.9. The predicted molar refractivity (Wildman–Crippen MR) is 113 cm³/mol. The van der Waals surface area contributed by atoms with E-state index >= 15 is 0 Å². The van der Waals surface area contributed by atoms with Crippen molar-refractivity contribution in [3.8, 4) is 0 Å². The number of likely N-dealkylation sites (tertiary alicyclic amines) is 1. The lowest BCUT2D eigenvalue weighted by Crippen LogP contribution is -2.44. The van der Waals surface area contributed by atoms with Crippen molar-refractivity contribution in [3.05, 3.63) is 71.5 Å². The number of ether oxygens (including phenoxy) is 1. The average molecular weight is 426 g/mol. The molecule has 3 rings (SSSR count). The van der Waals surface area contributed by atoms with E-state index in [-0.39, 0.29) is 37.5 Å². The molecule has 1 heterocycles. The smallest absolute Gasteiger partial charge is 0.241 e. The van der Waals surface area contributed by atoms with Crippen LogP contribution in [0.4, 0.5) is 4.39 Å². The van der Waals surface area contributed by atoms with Crippen molar-refractivity contribution >= 4 is 17.7 Å². The maximum absolute atomic E-state index is 14.8. The topological polar surface area (TPSA) is 66.9 Å². The van der Waals surface area contributed by atoms with Gasteiger partial charge in [-0.15, -0.1) is 0 Å². The third-order valence-electron chi connectivity index (χ3n) is 5.72. The zero-order chi connectivity index (χ0) is 22.4. The summed E-state index contributed by atoms with van der Waals surface area (Å²) in [6.07, 6.45) is -0.520. The lowest BCUT2D eigenvalue weighted by atomic mass is 9.75. The largest absolute Gasteiger partial charge is 0.383 e. The third-order valence-corrected chi connectivity index (χ3v) is 5.72. The van der Waals surface area contributed by atoms with Gasteiger partial charge in [0.1, 0.15) is 5.82 Å². The van der Waals surface area contributed by atoms with Gasteiger partial charge in [0.05, 0.1) is 18.6 Å². The standard InChI is InChI=1S/C24H27FN2O4/c1-3-26(17-18-9-5-4-6-10-18)21(28)15-24(19-11-7-8-12-20(19)25)16-22(29)27(23(24)30)13-14-31-2/h4-12H,3,13-17H2,1-2H3. The molecule has 0 N–H and O–H groups in total. The molecule has 2 aromatic carbocycles. The maximum atomic E-state index is 14.8. The van der Waals surface area contributed by atoms with Crippen molar-refractivity contribution in [1.29, 1.82) is 0 Å². The molecule has 0 aliphatic carbocycles. The van der Waals surface area contributed by atoms with Gasteiger partial charge in [-0.25, -0.2) is 4.39 Å². The average Bonchev–Trinajstić information content (AvgIpc) is 3.01. The van der Waals surface area contributed by atoms with Gasteiger partial charge in [-0.1, -0.05) is 48.5 Å². The second-order valence-corrected chi connectivity index (χ2v) is 7.65. The summed E-state index contributed by atoms with van der Waals surface area (Å²) in [5.74, 6) is -1.88. The molecular formula is C24H27FN2O4. The van der Waals surface area contributed by atoms with Crippen LogP contribution in [0.5, 0.6) is 0 Å². The normalized spacial score (nSPS) is 18.5. The van der Waals surface area contributed by atoms with E-state index in [0.29, 0.717) is 13.1 Å². The van der Waals surface area contributed by atoms with Gasteiger partial charge in [0.2, 0.25) is 17.7 Å². The van der Waals surface area contributed by atoms with Crippen LogP contribution >= 0.6 is 0 Å². The number of nitrogens with zero attached hydrogens (tertiary/aromatic N) is 2. The van der Waals surface area contributed by atoms with Gasteiger partial charge in [0, 0.05) is 38.6 Å². The Bertz CT molecular complexity index is 950. The van der Waals surface area contributed by atoms with Crippen molar-refractivity contribution in [2.75, 3.05) is 26.8 Å². The highest BCUT2D eigenvalue weighted by atomic mass is 19.1. The number of imide groups is 1. The summed E-state index contributed by atoms with van der Waals surface area (Å²) in [4.78, 5) is 42.1. The van der Waals surface area contributed by atoms with E-state index in [0.717, 1.165) is 10.5 Å². The third kappa shape index (κ3) is 4.66.